The molecule has 0 bridgehead atoms. The van der Waals surface area contributed by atoms with Crippen molar-refractivity contribution in [3.8, 4) is 5.75 Å². The number of amides is 1. The van der Waals surface area contributed by atoms with Crippen molar-refractivity contribution in [3.05, 3.63) is 23.8 Å². The second kappa shape index (κ2) is 7.31. The van der Waals surface area contributed by atoms with Gasteiger partial charge in [0.05, 0.1) is 17.9 Å². The van der Waals surface area contributed by atoms with Crippen molar-refractivity contribution < 1.29 is 14.3 Å². The number of methoxy groups -OCH3 is 1. The maximum absolute atomic E-state index is 12.8. The highest BCUT2D eigenvalue weighted by Crippen LogP contribution is 2.32. The van der Waals surface area contributed by atoms with Gasteiger partial charge in [-0.05, 0) is 18.1 Å². The minimum Gasteiger partial charge on any atom is -0.489 e. The van der Waals surface area contributed by atoms with Gasteiger partial charge in [-0.25, -0.2) is 0 Å². The fourth-order valence-electron chi connectivity index (χ4n) is 2.43. The van der Waals surface area contributed by atoms with Crippen molar-refractivity contribution in [1.29, 1.82) is 0 Å². The van der Waals surface area contributed by atoms with Crippen molar-refractivity contribution in [3.63, 3.8) is 0 Å². The zero-order valence-corrected chi connectivity index (χ0v) is 13.0. The van der Waals surface area contributed by atoms with E-state index in [1.165, 1.54) is 0 Å². The highest BCUT2D eigenvalue weighted by molar-refractivity contribution is 5.99. The third-order valence-corrected chi connectivity index (χ3v) is 3.35. The van der Waals surface area contributed by atoms with Gasteiger partial charge >= 0.3 is 0 Å². The Morgan fingerprint density at radius 2 is 2.29 bits per heavy atom. The van der Waals surface area contributed by atoms with E-state index in [0.717, 1.165) is 12.2 Å². The summed E-state index contributed by atoms with van der Waals surface area (Å²) < 4.78 is 10.8. The molecule has 0 saturated heterocycles. The standard InChI is InChI=1S/C16H24N2O3/c1-12(2)11-18(8-10-20-3)16(19)13-5-4-6-14-15(13)21-9-7-17-14/h4-6,12,17H,7-11H2,1-3H3. The predicted molar refractivity (Wildman–Crippen MR) is 83.0 cm³/mol. The highest BCUT2D eigenvalue weighted by Gasteiger charge is 2.23. The van der Waals surface area contributed by atoms with Crippen LogP contribution in [0.5, 0.6) is 5.75 Å². The van der Waals surface area contributed by atoms with E-state index in [-0.39, 0.29) is 5.91 Å². The molecular weight excluding hydrogens is 268 g/mol. The minimum atomic E-state index is 0.00120. The number of rotatable bonds is 6. The van der Waals surface area contributed by atoms with Gasteiger partial charge < -0.3 is 19.7 Å². The normalized spacial score (nSPS) is 13.3. The average molecular weight is 292 g/mol. The SMILES string of the molecule is COCCN(CC(C)C)C(=O)c1cccc2c1OCCN2. The first-order valence-electron chi connectivity index (χ1n) is 7.41. The number of carbonyl (C=O) groups excluding carboxylic acids is 1. The number of anilines is 1. The Morgan fingerprint density at radius 3 is 3.00 bits per heavy atom. The molecule has 1 aliphatic rings. The average Bonchev–Trinajstić information content (AvgIpc) is 2.50. The first kappa shape index (κ1) is 15.6. The lowest BCUT2D eigenvalue weighted by Crippen LogP contribution is -2.37. The van der Waals surface area contributed by atoms with E-state index >= 15 is 0 Å². The minimum absolute atomic E-state index is 0.00120. The number of fused-ring (bicyclic) bond motifs is 1. The van der Waals surface area contributed by atoms with Crippen molar-refractivity contribution >= 4 is 11.6 Å². The summed E-state index contributed by atoms with van der Waals surface area (Å²) in [5.41, 5.74) is 1.51. The molecule has 1 heterocycles. The molecule has 0 fully saturated rings. The van der Waals surface area contributed by atoms with Gasteiger partial charge in [0, 0.05) is 26.7 Å². The molecule has 116 valence electrons. The van der Waals surface area contributed by atoms with Crippen LogP contribution in [0.1, 0.15) is 24.2 Å². The molecule has 0 atom stereocenters. The molecule has 0 unspecified atom stereocenters. The first-order valence-corrected chi connectivity index (χ1v) is 7.41. The lowest BCUT2D eigenvalue weighted by Gasteiger charge is -2.27. The Bertz CT molecular complexity index is 488. The number of hydrogen-bond donors (Lipinski definition) is 1. The molecule has 0 spiro atoms. The van der Waals surface area contributed by atoms with Gasteiger partial charge in [-0.15, -0.1) is 0 Å². The molecule has 21 heavy (non-hydrogen) atoms. The largest absolute Gasteiger partial charge is 0.489 e. The summed E-state index contributed by atoms with van der Waals surface area (Å²) in [6, 6.07) is 5.65. The Labute approximate surface area is 126 Å². The van der Waals surface area contributed by atoms with Crippen molar-refractivity contribution in [2.24, 2.45) is 5.92 Å². The topological polar surface area (TPSA) is 50.8 Å². The Balaban J connectivity index is 2.23. The Kier molecular flexibility index (Phi) is 5.44. The molecule has 2 rings (SSSR count). The van der Waals surface area contributed by atoms with Crippen LogP contribution < -0.4 is 10.1 Å². The van der Waals surface area contributed by atoms with Crippen LogP contribution in [0.25, 0.3) is 0 Å². The fourth-order valence-corrected chi connectivity index (χ4v) is 2.43. The summed E-state index contributed by atoms with van der Waals surface area (Å²) in [6.07, 6.45) is 0. The van der Waals surface area contributed by atoms with Crippen LogP contribution in [0.3, 0.4) is 0 Å². The maximum Gasteiger partial charge on any atom is 0.257 e. The molecule has 1 aromatic carbocycles. The molecular formula is C16H24N2O3. The summed E-state index contributed by atoms with van der Waals surface area (Å²) in [5.74, 6) is 1.07. The molecule has 1 N–H and O–H groups in total. The van der Waals surface area contributed by atoms with Crippen LogP contribution in [0.15, 0.2) is 18.2 Å². The monoisotopic (exact) mass is 292 g/mol. The van der Waals surface area contributed by atoms with Gasteiger partial charge in [-0.2, -0.15) is 0 Å². The van der Waals surface area contributed by atoms with E-state index < -0.39 is 0 Å². The van der Waals surface area contributed by atoms with Gasteiger partial charge in [0.25, 0.3) is 5.91 Å². The van der Waals surface area contributed by atoms with E-state index in [1.807, 2.05) is 23.1 Å². The lowest BCUT2D eigenvalue weighted by molar-refractivity contribution is 0.0668. The van der Waals surface area contributed by atoms with Crippen LogP contribution in [-0.2, 0) is 4.74 Å². The second-order valence-corrected chi connectivity index (χ2v) is 5.60. The number of carbonyl (C=O) groups is 1. The quantitative estimate of drug-likeness (QED) is 0.873. The molecule has 0 saturated carbocycles. The van der Waals surface area contributed by atoms with Gasteiger partial charge in [0.2, 0.25) is 0 Å². The number of benzene rings is 1. The molecule has 1 amide bonds. The Hall–Kier alpha value is -1.75. The maximum atomic E-state index is 12.8. The number of para-hydroxylation sites is 1. The zero-order valence-electron chi connectivity index (χ0n) is 13.0. The van der Waals surface area contributed by atoms with E-state index in [1.54, 1.807) is 7.11 Å². The molecule has 0 aliphatic carbocycles. The van der Waals surface area contributed by atoms with Crippen molar-refractivity contribution in [2.75, 3.05) is 45.3 Å². The van der Waals surface area contributed by atoms with E-state index in [9.17, 15) is 4.79 Å². The predicted octanol–water partition coefficient (Wildman–Crippen LogP) is 2.24. The zero-order chi connectivity index (χ0) is 15.2. The van der Waals surface area contributed by atoms with Crippen LogP contribution in [-0.4, -0.2) is 50.8 Å². The fraction of sp³-hybridized carbons (Fsp3) is 0.562. The van der Waals surface area contributed by atoms with E-state index in [4.69, 9.17) is 9.47 Å². The van der Waals surface area contributed by atoms with Gasteiger partial charge in [0.15, 0.2) is 5.75 Å². The summed E-state index contributed by atoms with van der Waals surface area (Å²) in [6.45, 7) is 7.39. The highest BCUT2D eigenvalue weighted by atomic mass is 16.5. The first-order chi connectivity index (χ1) is 10.1. The van der Waals surface area contributed by atoms with Crippen LogP contribution >= 0.6 is 0 Å². The summed E-state index contributed by atoms with van der Waals surface area (Å²) in [4.78, 5) is 14.7. The van der Waals surface area contributed by atoms with Crippen molar-refractivity contribution in [1.82, 2.24) is 4.90 Å². The third-order valence-electron chi connectivity index (χ3n) is 3.35. The Morgan fingerprint density at radius 1 is 1.48 bits per heavy atom. The van der Waals surface area contributed by atoms with Gasteiger partial charge in [-0.1, -0.05) is 19.9 Å². The summed E-state index contributed by atoms with van der Waals surface area (Å²) in [5, 5.41) is 3.26. The summed E-state index contributed by atoms with van der Waals surface area (Å²) >= 11 is 0. The smallest absolute Gasteiger partial charge is 0.257 e. The van der Waals surface area contributed by atoms with E-state index in [2.05, 4.69) is 19.2 Å². The van der Waals surface area contributed by atoms with E-state index in [0.29, 0.717) is 43.5 Å². The van der Waals surface area contributed by atoms with Crippen LogP contribution in [0.4, 0.5) is 5.69 Å². The molecule has 0 aromatic heterocycles. The second-order valence-electron chi connectivity index (χ2n) is 5.60. The third kappa shape index (κ3) is 3.88. The molecule has 1 aromatic rings. The molecule has 1 aliphatic heterocycles. The molecule has 5 nitrogen and oxygen atoms in total. The van der Waals surface area contributed by atoms with Crippen LogP contribution in [0, 0.1) is 5.92 Å². The number of nitrogens with zero attached hydrogens (tertiary/aromatic N) is 1. The number of hydrogen-bond acceptors (Lipinski definition) is 4. The van der Waals surface area contributed by atoms with Crippen molar-refractivity contribution in [2.45, 2.75) is 13.8 Å². The van der Waals surface area contributed by atoms with Gasteiger partial charge in [-0.3, -0.25) is 4.79 Å². The van der Waals surface area contributed by atoms with Gasteiger partial charge in [0.1, 0.15) is 6.61 Å². The number of ether oxygens (including phenoxy) is 2. The summed E-state index contributed by atoms with van der Waals surface area (Å²) in [7, 11) is 1.65. The molecule has 5 heteroatoms. The lowest BCUT2D eigenvalue weighted by atomic mass is 10.1. The number of nitrogens with one attached hydrogen (secondary N) is 1. The molecule has 0 radical (unpaired) electrons. The van der Waals surface area contributed by atoms with Crippen LogP contribution in [0.2, 0.25) is 0 Å².